The van der Waals surface area contributed by atoms with Crippen LogP contribution in [0.2, 0.25) is 0 Å². The number of aryl methyl sites for hydroxylation is 1. The molecule has 1 aliphatic carbocycles. The summed E-state index contributed by atoms with van der Waals surface area (Å²) in [5.41, 5.74) is 5.98. The van der Waals surface area contributed by atoms with E-state index in [2.05, 4.69) is 29.3 Å². The number of thiophene rings is 1. The van der Waals surface area contributed by atoms with Crippen molar-refractivity contribution >= 4 is 17.2 Å². The second kappa shape index (κ2) is 8.54. The fourth-order valence-corrected chi connectivity index (χ4v) is 3.93. The second-order valence-corrected chi connectivity index (χ2v) is 7.12. The highest BCUT2D eigenvalue weighted by Crippen LogP contribution is 2.23. The summed E-state index contributed by atoms with van der Waals surface area (Å²) in [5, 5.41) is 2.10. The molecule has 0 unspecified atom stereocenters. The molecule has 1 heterocycles. The summed E-state index contributed by atoms with van der Waals surface area (Å²) < 4.78 is 0. The average Bonchev–Trinajstić information content (AvgIpc) is 2.99. The maximum absolute atomic E-state index is 12.5. The van der Waals surface area contributed by atoms with Crippen LogP contribution in [-0.2, 0) is 11.2 Å². The van der Waals surface area contributed by atoms with Crippen LogP contribution < -0.4 is 5.73 Å². The first-order valence-electron chi connectivity index (χ1n) is 8.28. The van der Waals surface area contributed by atoms with Crippen LogP contribution in [0.4, 0.5) is 0 Å². The number of hydrogen-bond acceptors (Lipinski definition) is 3. The molecule has 0 radical (unpaired) electrons. The Morgan fingerprint density at radius 1 is 1.38 bits per heavy atom. The van der Waals surface area contributed by atoms with Crippen molar-refractivity contribution in [3.05, 3.63) is 22.4 Å². The number of amides is 1. The van der Waals surface area contributed by atoms with Gasteiger partial charge >= 0.3 is 0 Å². The quantitative estimate of drug-likeness (QED) is 0.837. The van der Waals surface area contributed by atoms with Gasteiger partial charge in [-0.25, -0.2) is 0 Å². The van der Waals surface area contributed by atoms with Crippen LogP contribution in [0.1, 0.15) is 56.7 Å². The molecule has 1 aromatic heterocycles. The largest absolute Gasteiger partial charge is 0.340 e. The SMILES string of the molecule is CCCN(C(=O)CCCc1cccs1)C1CCC(N)CC1. The minimum absolute atomic E-state index is 0.342. The fraction of sp³-hybridized carbons (Fsp3) is 0.706. The molecule has 2 rings (SSSR count). The van der Waals surface area contributed by atoms with Crippen LogP contribution in [0, 0.1) is 0 Å². The first kappa shape index (κ1) is 16.5. The van der Waals surface area contributed by atoms with E-state index in [1.165, 1.54) is 4.88 Å². The van der Waals surface area contributed by atoms with Gasteiger partial charge in [0.05, 0.1) is 0 Å². The highest BCUT2D eigenvalue weighted by molar-refractivity contribution is 7.09. The molecule has 1 saturated carbocycles. The summed E-state index contributed by atoms with van der Waals surface area (Å²) in [6.07, 6.45) is 8.00. The molecule has 0 aromatic carbocycles. The molecule has 0 bridgehead atoms. The summed E-state index contributed by atoms with van der Waals surface area (Å²) in [6, 6.07) is 5.01. The lowest BCUT2D eigenvalue weighted by Gasteiger charge is -2.36. The lowest BCUT2D eigenvalue weighted by molar-refractivity contribution is -0.134. The maximum atomic E-state index is 12.5. The van der Waals surface area contributed by atoms with E-state index in [1.807, 2.05) is 0 Å². The van der Waals surface area contributed by atoms with Crippen molar-refractivity contribution in [3.63, 3.8) is 0 Å². The Kier molecular flexibility index (Phi) is 6.71. The molecule has 0 spiro atoms. The van der Waals surface area contributed by atoms with Gasteiger partial charge in [-0.1, -0.05) is 13.0 Å². The minimum atomic E-state index is 0.342. The molecule has 1 aromatic rings. The minimum Gasteiger partial charge on any atom is -0.340 e. The molecular formula is C17H28N2OS. The summed E-state index contributed by atoms with van der Waals surface area (Å²) in [7, 11) is 0. The zero-order valence-corrected chi connectivity index (χ0v) is 13.9. The van der Waals surface area contributed by atoms with E-state index in [-0.39, 0.29) is 0 Å². The van der Waals surface area contributed by atoms with Gasteiger partial charge in [-0.15, -0.1) is 11.3 Å². The van der Waals surface area contributed by atoms with Gasteiger partial charge in [0.15, 0.2) is 0 Å². The maximum Gasteiger partial charge on any atom is 0.222 e. The summed E-state index contributed by atoms with van der Waals surface area (Å²) in [6.45, 7) is 3.05. The van der Waals surface area contributed by atoms with E-state index < -0.39 is 0 Å². The smallest absolute Gasteiger partial charge is 0.222 e. The first-order valence-corrected chi connectivity index (χ1v) is 9.16. The van der Waals surface area contributed by atoms with Gasteiger partial charge in [-0.05, 0) is 56.4 Å². The third-order valence-corrected chi connectivity index (χ3v) is 5.30. The van der Waals surface area contributed by atoms with Crippen LogP contribution in [0.15, 0.2) is 17.5 Å². The molecule has 21 heavy (non-hydrogen) atoms. The number of hydrogen-bond donors (Lipinski definition) is 1. The van der Waals surface area contributed by atoms with Gasteiger partial charge in [0.25, 0.3) is 0 Å². The van der Waals surface area contributed by atoms with Crippen molar-refractivity contribution in [1.82, 2.24) is 4.90 Å². The van der Waals surface area contributed by atoms with Crippen molar-refractivity contribution in [1.29, 1.82) is 0 Å². The van der Waals surface area contributed by atoms with Crippen LogP contribution in [-0.4, -0.2) is 29.4 Å². The number of nitrogens with zero attached hydrogens (tertiary/aromatic N) is 1. The predicted octanol–water partition coefficient (Wildman–Crippen LogP) is 3.58. The molecule has 3 nitrogen and oxygen atoms in total. The predicted molar refractivity (Wildman–Crippen MR) is 89.5 cm³/mol. The van der Waals surface area contributed by atoms with Crippen LogP contribution >= 0.6 is 11.3 Å². The van der Waals surface area contributed by atoms with Crippen molar-refractivity contribution in [2.24, 2.45) is 5.73 Å². The van der Waals surface area contributed by atoms with Gasteiger partial charge in [0.1, 0.15) is 0 Å². The van der Waals surface area contributed by atoms with E-state index in [9.17, 15) is 4.79 Å². The molecule has 0 atom stereocenters. The van der Waals surface area contributed by atoms with Gasteiger partial charge in [0, 0.05) is 29.9 Å². The highest BCUT2D eigenvalue weighted by Gasteiger charge is 2.26. The zero-order chi connectivity index (χ0) is 15.1. The van der Waals surface area contributed by atoms with E-state index in [4.69, 9.17) is 5.73 Å². The van der Waals surface area contributed by atoms with Gasteiger partial charge < -0.3 is 10.6 Å². The normalized spacial score (nSPS) is 22.2. The van der Waals surface area contributed by atoms with Gasteiger partial charge in [0.2, 0.25) is 5.91 Å². The van der Waals surface area contributed by atoms with Crippen molar-refractivity contribution in [3.8, 4) is 0 Å². The zero-order valence-electron chi connectivity index (χ0n) is 13.1. The average molecular weight is 308 g/mol. The Morgan fingerprint density at radius 3 is 2.76 bits per heavy atom. The van der Waals surface area contributed by atoms with Crippen LogP contribution in [0.3, 0.4) is 0 Å². The van der Waals surface area contributed by atoms with Crippen molar-refractivity contribution < 1.29 is 4.79 Å². The standard InChI is InChI=1S/C17H28N2OS/c1-2-12-19(15-10-8-14(18)9-11-15)17(20)7-3-5-16-6-4-13-21-16/h4,6,13-15H,2-3,5,7-12,18H2,1H3. The van der Waals surface area contributed by atoms with Crippen molar-refractivity contribution in [2.45, 2.75) is 70.4 Å². The Bertz CT molecular complexity index is 410. The first-order chi connectivity index (χ1) is 10.2. The van der Waals surface area contributed by atoms with E-state index in [1.54, 1.807) is 11.3 Å². The molecule has 118 valence electrons. The van der Waals surface area contributed by atoms with Gasteiger partial charge in [-0.3, -0.25) is 4.79 Å². The van der Waals surface area contributed by atoms with E-state index in [0.29, 0.717) is 24.4 Å². The van der Waals surface area contributed by atoms with E-state index >= 15 is 0 Å². The Morgan fingerprint density at radius 2 is 2.14 bits per heavy atom. The summed E-state index contributed by atoms with van der Waals surface area (Å²) in [4.78, 5) is 16.1. The molecule has 1 fully saturated rings. The Labute approximate surface area is 132 Å². The topological polar surface area (TPSA) is 46.3 Å². The van der Waals surface area contributed by atoms with Gasteiger partial charge in [-0.2, -0.15) is 0 Å². The molecule has 1 amide bonds. The number of carbonyl (C=O) groups is 1. The molecule has 4 heteroatoms. The molecule has 0 aliphatic heterocycles. The molecule has 2 N–H and O–H groups in total. The third-order valence-electron chi connectivity index (χ3n) is 4.36. The highest BCUT2D eigenvalue weighted by atomic mass is 32.1. The summed E-state index contributed by atoms with van der Waals surface area (Å²) >= 11 is 1.78. The number of nitrogens with two attached hydrogens (primary N) is 1. The van der Waals surface area contributed by atoms with Crippen molar-refractivity contribution in [2.75, 3.05) is 6.54 Å². The monoisotopic (exact) mass is 308 g/mol. The number of carbonyl (C=O) groups excluding carboxylic acids is 1. The molecule has 0 saturated heterocycles. The summed E-state index contributed by atoms with van der Waals surface area (Å²) in [5.74, 6) is 0.342. The lowest BCUT2D eigenvalue weighted by atomic mass is 9.90. The molecular weight excluding hydrogens is 280 g/mol. The molecule has 1 aliphatic rings. The Hall–Kier alpha value is -0.870. The third kappa shape index (κ3) is 5.11. The fourth-order valence-electron chi connectivity index (χ4n) is 3.18. The van der Waals surface area contributed by atoms with E-state index in [0.717, 1.165) is 51.5 Å². The van der Waals surface area contributed by atoms with Crippen LogP contribution in [0.5, 0.6) is 0 Å². The lowest BCUT2D eigenvalue weighted by Crippen LogP contribution is -2.44. The van der Waals surface area contributed by atoms with Crippen LogP contribution in [0.25, 0.3) is 0 Å². The number of rotatable bonds is 7. The second-order valence-electron chi connectivity index (χ2n) is 6.09. The Balaban J connectivity index is 1.80.